The summed E-state index contributed by atoms with van der Waals surface area (Å²) in [7, 11) is 0. The molecular formula is C6H10OS. The molecule has 0 fully saturated rings. The molecule has 0 N–H and O–H groups in total. The minimum Gasteiger partial charge on any atom is -0.287 e. The molecule has 0 aromatic heterocycles. The van der Waals surface area contributed by atoms with Gasteiger partial charge in [-0.2, -0.15) is 0 Å². The Morgan fingerprint density at radius 1 is 2.00 bits per heavy atom. The molecule has 0 aliphatic carbocycles. The Balaban J connectivity index is 3.38. The zero-order valence-corrected chi connectivity index (χ0v) is 5.82. The molecule has 0 aliphatic heterocycles. The molecule has 0 aliphatic rings. The first kappa shape index (κ1) is 7.76. The minimum absolute atomic E-state index is 0.0719. The fourth-order valence-electron chi connectivity index (χ4n) is 0.359. The lowest BCUT2D eigenvalue weighted by Gasteiger charge is -1.97. The molecule has 0 heterocycles. The Morgan fingerprint density at radius 3 is 2.62 bits per heavy atom. The van der Waals surface area contributed by atoms with E-state index < -0.39 is 0 Å². The smallest absolute Gasteiger partial charge is 0.186 e. The van der Waals surface area contributed by atoms with Crippen molar-refractivity contribution in [1.29, 1.82) is 0 Å². The van der Waals surface area contributed by atoms with Gasteiger partial charge in [0.1, 0.15) is 0 Å². The van der Waals surface area contributed by atoms with Crippen LogP contribution in [0.5, 0.6) is 0 Å². The van der Waals surface area contributed by atoms with E-state index in [4.69, 9.17) is 0 Å². The molecule has 2 heteroatoms. The average molecular weight is 130 g/mol. The third-order valence-corrected chi connectivity index (χ3v) is 1.08. The highest BCUT2D eigenvalue weighted by atomic mass is 32.1. The van der Waals surface area contributed by atoms with Crippen molar-refractivity contribution in [2.24, 2.45) is 5.92 Å². The molecule has 0 saturated carbocycles. The number of hydrogen-bond donors (Lipinski definition) is 1. The van der Waals surface area contributed by atoms with E-state index in [1.54, 1.807) is 6.08 Å². The van der Waals surface area contributed by atoms with Gasteiger partial charge in [-0.15, -0.1) is 19.2 Å². The van der Waals surface area contributed by atoms with Crippen LogP contribution in [0.4, 0.5) is 0 Å². The highest BCUT2D eigenvalue weighted by Gasteiger charge is 1.98. The van der Waals surface area contributed by atoms with Crippen molar-refractivity contribution in [3.63, 3.8) is 0 Å². The maximum absolute atomic E-state index is 10.2. The van der Waals surface area contributed by atoms with Gasteiger partial charge in [0, 0.05) is 6.42 Å². The zero-order valence-electron chi connectivity index (χ0n) is 4.92. The lowest BCUT2D eigenvalue weighted by atomic mass is 10.1. The van der Waals surface area contributed by atoms with Gasteiger partial charge >= 0.3 is 0 Å². The van der Waals surface area contributed by atoms with Crippen LogP contribution in [-0.4, -0.2) is 5.12 Å². The predicted molar refractivity (Wildman–Crippen MR) is 38.0 cm³/mol. The van der Waals surface area contributed by atoms with E-state index in [1.165, 1.54) is 0 Å². The van der Waals surface area contributed by atoms with E-state index >= 15 is 0 Å². The van der Waals surface area contributed by atoms with Crippen molar-refractivity contribution in [1.82, 2.24) is 0 Å². The average Bonchev–Trinajstić information content (AvgIpc) is 1.65. The first-order chi connectivity index (χ1) is 3.66. The lowest BCUT2D eigenvalue weighted by Crippen LogP contribution is -1.94. The SMILES string of the molecule is C=CC(C)CC(=O)S. The second-order valence-electron chi connectivity index (χ2n) is 1.81. The fourth-order valence-corrected chi connectivity index (χ4v) is 0.647. The number of hydrogen-bond acceptors (Lipinski definition) is 1. The van der Waals surface area contributed by atoms with Gasteiger partial charge in [-0.05, 0) is 5.92 Å². The summed E-state index contributed by atoms with van der Waals surface area (Å²) < 4.78 is 0. The van der Waals surface area contributed by atoms with Crippen LogP contribution in [0.2, 0.25) is 0 Å². The summed E-state index contributed by atoms with van der Waals surface area (Å²) in [6.07, 6.45) is 2.24. The molecule has 0 aromatic rings. The third-order valence-electron chi connectivity index (χ3n) is 0.899. The highest BCUT2D eigenvalue weighted by molar-refractivity contribution is 7.96. The summed E-state index contributed by atoms with van der Waals surface area (Å²) in [6, 6.07) is 0. The van der Waals surface area contributed by atoms with Gasteiger partial charge in [-0.25, -0.2) is 0 Å². The first-order valence-electron chi connectivity index (χ1n) is 2.51. The Bertz CT molecular complexity index is 98.7. The lowest BCUT2D eigenvalue weighted by molar-refractivity contribution is -0.111. The van der Waals surface area contributed by atoms with Crippen LogP contribution in [0.15, 0.2) is 12.7 Å². The monoisotopic (exact) mass is 130 g/mol. The number of carbonyl (C=O) groups is 1. The molecule has 0 amide bonds. The standard InChI is InChI=1S/C6H10OS/c1-3-5(2)4-6(7)8/h3,5H,1,4H2,2H3,(H,7,8). The molecule has 0 spiro atoms. The van der Waals surface area contributed by atoms with Gasteiger partial charge in [-0.1, -0.05) is 13.0 Å². The molecule has 1 unspecified atom stereocenters. The minimum atomic E-state index is -0.0719. The normalized spacial score (nSPS) is 12.8. The topological polar surface area (TPSA) is 17.1 Å². The maximum Gasteiger partial charge on any atom is 0.186 e. The molecule has 1 nitrogen and oxygen atoms in total. The molecule has 0 radical (unpaired) electrons. The van der Waals surface area contributed by atoms with Crippen molar-refractivity contribution in [3.8, 4) is 0 Å². The first-order valence-corrected chi connectivity index (χ1v) is 2.96. The van der Waals surface area contributed by atoms with E-state index in [2.05, 4.69) is 19.2 Å². The van der Waals surface area contributed by atoms with Crippen LogP contribution < -0.4 is 0 Å². The van der Waals surface area contributed by atoms with E-state index in [-0.39, 0.29) is 11.0 Å². The quantitative estimate of drug-likeness (QED) is 0.454. The van der Waals surface area contributed by atoms with Gasteiger partial charge in [0.05, 0.1) is 0 Å². The van der Waals surface area contributed by atoms with Gasteiger partial charge in [0.2, 0.25) is 0 Å². The number of rotatable bonds is 3. The van der Waals surface area contributed by atoms with Crippen LogP contribution in [-0.2, 0) is 4.79 Å². The van der Waals surface area contributed by atoms with Crippen molar-refractivity contribution in [2.75, 3.05) is 0 Å². The second-order valence-corrected chi connectivity index (χ2v) is 2.31. The van der Waals surface area contributed by atoms with Crippen LogP contribution in [0, 0.1) is 5.92 Å². The number of carbonyl (C=O) groups excluding carboxylic acids is 1. The van der Waals surface area contributed by atoms with E-state index in [9.17, 15) is 4.79 Å². The van der Waals surface area contributed by atoms with Gasteiger partial charge in [0.15, 0.2) is 5.12 Å². The molecule has 46 valence electrons. The highest BCUT2D eigenvalue weighted by Crippen LogP contribution is 2.03. The Kier molecular flexibility index (Phi) is 3.61. The van der Waals surface area contributed by atoms with Crippen LogP contribution in [0.1, 0.15) is 13.3 Å². The summed E-state index contributed by atoms with van der Waals surface area (Å²) in [5, 5.41) is -0.0719. The third kappa shape index (κ3) is 3.93. The molecule has 0 bridgehead atoms. The molecule has 0 rings (SSSR count). The van der Waals surface area contributed by atoms with Crippen molar-refractivity contribution in [2.45, 2.75) is 13.3 Å². The predicted octanol–water partition coefficient (Wildman–Crippen LogP) is 1.66. The Morgan fingerprint density at radius 2 is 2.50 bits per heavy atom. The van der Waals surface area contributed by atoms with E-state index in [0.29, 0.717) is 6.42 Å². The molecular weight excluding hydrogens is 120 g/mol. The summed E-state index contributed by atoms with van der Waals surface area (Å²) in [4.78, 5) is 10.2. The Labute approximate surface area is 55.2 Å². The van der Waals surface area contributed by atoms with E-state index in [0.717, 1.165) is 0 Å². The summed E-state index contributed by atoms with van der Waals surface area (Å²) in [5.41, 5.74) is 0. The van der Waals surface area contributed by atoms with Crippen molar-refractivity contribution in [3.05, 3.63) is 12.7 Å². The largest absolute Gasteiger partial charge is 0.287 e. The maximum atomic E-state index is 10.2. The zero-order chi connectivity index (χ0) is 6.57. The molecule has 1 atom stereocenters. The summed E-state index contributed by atoms with van der Waals surface area (Å²) in [6.45, 7) is 5.46. The van der Waals surface area contributed by atoms with Crippen LogP contribution >= 0.6 is 12.6 Å². The van der Waals surface area contributed by atoms with E-state index in [1.807, 2.05) is 6.92 Å². The molecule has 8 heavy (non-hydrogen) atoms. The number of allylic oxidation sites excluding steroid dienone is 1. The summed E-state index contributed by atoms with van der Waals surface area (Å²) >= 11 is 3.60. The van der Waals surface area contributed by atoms with Gasteiger partial charge in [-0.3, -0.25) is 4.79 Å². The van der Waals surface area contributed by atoms with Gasteiger partial charge < -0.3 is 0 Å². The fraction of sp³-hybridized carbons (Fsp3) is 0.500. The second kappa shape index (κ2) is 3.72. The Hall–Kier alpha value is -0.240. The van der Waals surface area contributed by atoms with Crippen molar-refractivity contribution >= 4 is 17.7 Å². The van der Waals surface area contributed by atoms with Gasteiger partial charge in [0.25, 0.3) is 0 Å². The molecule has 0 aromatic carbocycles. The number of thiol groups is 1. The van der Waals surface area contributed by atoms with Crippen molar-refractivity contribution < 1.29 is 4.79 Å². The van der Waals surface area contributed by atoms with Crippen LogP contribution in [0.3, 0.4) is 0 Å². The summed E-state index contributed by atoms with van der Waals surface area (Å²) in [5.74, 6) is 0.264. The van der Waals surface area contributed by atoms with Crippen LogP contribution in [0.25, 0.3) is 0 Å². The molecule has 0 saturated heterocycles.